The summed E-state index contributed by atoms with van der Waals surface area (Å²) in [5, 5.41) is 12.3. The number of aromatic amines is 1. The van der Waals surface area contributed by atoms with Gasteiger partial charge in [-0.1, -0.05) is 0 Å². The number of nitrogens with zero attached hydrogens (tertiary/aromatic N) is 2. The second-order valence-corrected chi connectivity index (χ2v) is 2.68. The van der Waals surface area contributed by atoms with Crippen molar-refractivity contribution < 1.29 is 4.79 Å². The summed E-state index contributed by atoms with van der Waals surface area (Å²) in [6, 6.07) is 0. The van der Waals surface area contributed by atoms with Gasteiger partial charge in [0.15, 0.2) is 0 Å². The fourth-order valence-corrected chi connectivity index (χ4v) is 1.19. The van der Waals surface area contributed by atoms with E-state index in [0.29, 0.717) is 12.0 Å². The number of fused-ring (bicyclic) bond motifs is 1. The van der Waals surface area contributed by atoms with E-state index in [1.54, 1.807) is 12.4 Å². The van der Waals surface area contributed by atoms with E-state index in [1.807, 2.05) is 0 Å². The van der Waals surface area contributed by atoms with Crippen LogP contribution in [0, 0.1) is 5.53 Å². The van der Waals surface area contributed by atoms with Crippen molar-refractivity contribution in [1.29, 1.82) is 5.53 Å². The number of rotatable bonds is 1. The first-order valence-electron chi connectivity index (χ1n) is 3.71. The van der Waals surface area contributed by atoms with E-state index in [-0.39, 0.29) is 0 Å². The van der Waals surface area contributed by atoms with E-state index in [0.717, 1.165) is 11.4 Å². The smallest absolute Gasteiger partial charge is 0.292 e. The molecule has 1 aliphatic rings. The van der Waals surface area contributed by atoms with Gasteiger partial charge in [0.25, 0.3) is 5.91 Å². The van der Waals surface area contributed by atoms with Gasteiger partial charge in [0, 0.05) is 23.8 Å². The average Bonchev–Trinajstić information content (AvgIpc) is 2.63. The third kappa shape index (κ3) is 1.22. The van der Waals surface area contributed by atoms with Crippen LogP contribution in [0.25, 0.3) is 0 Å². The topological polar surface area (TPSA) is 94.0 Å². The Bertz CT molecular complexity index is 391. The standard InChI is InChI=1S/C7H7N5O/c8-11-7(13)5-1-4-3-10-12-6(4)9-2-5/h2-3,8H,1H2,(H2,9,10,12). The molecule has 0 aromatic carbocycles. The average molecular weight is 177 g/mol. The summed E-state index contributed by atoms with van der Waals surface area (Å²) in [5.74, 6) is 0.279. The highest BCUT2D eigenvalue weighted by molar-refractivity contribution is 5.95. The number of carbonyl (C=O) groups is 1. The van der Waals surface area contributed by atoms with Crippen LogP contribution in [-0.2, 0) is 11.2 Å². The molecule has 1 amide bonds. The van der Waals surface area contributed by atoms with E-state index in [9.17, 15) is 4.79 Å². The number of amides is 1. The monoisotopic (exact) mass is 177 g/mol. The van der Waals surface area contributed by atoms with Gasteiger partial charge in [0.1, 0.15) is 5.82 Å². The molecular weight excluding hydrogens is 170 g/mol. The van der Waals surface area contributed by atoms with Crippen LogP contribution in [0.5, 0.6) is 0 Å². The minimum Gasteiger partial charge on any atom is -0.346 e. The van der Waals surface area contributed by atoms with Crippen molar-refractivity contribution in [3.63, 3.8) is 0 Å². The lowest BCUT2D eigenvalue weighted by Gasteiger charge is -2.10. The van der Waals surface area contributed by atoms with Gasteiger partial charge in [-0.05, 0) is 0 Å². The van der Waals surface area contributed by atoms with Gasteiger partial charge in [-0.2, -0.15) is 5.10 Å². The Labute approximate surface area is 73.5 Å². The maximum absolute atomic E-state index is 11.0. The minimum atomic E-state index is -0.514. The Morgan fingerprint density at radius 1 is 1.69 bits per heavy atom. The normalized spacial score (nSPS) is 14.0. The summed E-state index contributed by atoms with van der Waals surface area (Å²) in [7, 11) is 0. The minimum absolute atomic E-state index is 0.472. The van der Waals surface area contributed by atoms with Gasteiger partial charge in [0.05, 0.1) is 6.20 Å². The number of aromatic nitrogens is 2. The van der Waals surface area contributed by atoms with Crippen LogP contribution in [0.4, 0.5) is 5.82 Å². The van der Waals surface area contributed by atoms with Crippen LogP contribution >= 0.6 is 0 Å². The molecule has 3 N–H and O–H groups in total. The molecule has 0 atom stereocenters. The highest BCUT2D eigenvalue weighted by Gasteiger charge is 2.17. The summed E-state index contributed by atoms with van der Waals surface area (Å²) < 4.78 is 0. The lowest BCUT2D eigenvalue weighted by atomic mass is 10.1. The van der Waals surface area contributed by atoms with Crippen LogP contribution < -0.4 is 5.32 Å². The second-order valence-electron chi connectivity index (χ2n) is 2.68. The molecular formula is C7H7N5O. The maximum Gasteiger partial charge on any atom is 0.292 e. The number of nitrogens with one attached hydrogen (secondary N) is 3. The number of anilines is 1. The van der Waals surface area contributed by atoms with Crippen LogP contribution in [0.1, 0.15) is 5.56 Å². The third-order valence-corrected chi connectivity index (χ3v) is 1.87. The highest BCUT2D eigenvalue weighted by Crippen LogP contribution is 2.21. The van der Waals surface area contributed by atoms with Crippen LogP contribution in [0.3, 0.4) is 0 Å². The van der Waals surface area contributed by atoms with E-state index in [4.69, 9.17) is 5.53 Å². The first-order chi connectivity index (χ1) is 6.31. The Hall–Kier alpha value is -1.98. The lowest BCUT2D eigenvalue weighted by Crippen LogP contribution is -2.10. The van der Waals surface area contributed by atoms with E-state index < -0.39 is 5.91 Å². The van der Waals surface area contributed by atoms with Crippen LogP contribution in [0.2, 0.25) is 0 Å². The zero-order chi connectivity index (χ0) is 9.26. The molecule has 0 spiro atoms. The number of hydrogen-bond donors (Lipinski definition) is 3. The van der Waals surface area contributed by atoms with Gasteiger partial charge in [-0.15, -0.1) is 5.11 Å². The predicted molar refractivity (Wildman–Crippen MR) is 44.2 cm³/mol. The van der Waals surface area contributed by atoms with Crippen molar-refractivity contribution in [3.05, 3.63) is 23.5 Å². The Morgan fingerprint density at radius 2 is 2.54 bits per heavy atom. The van der Waals surface area contributed by atoms with E-state index in [2.05, 4.69) is 20.6 Å². The largest absolute Gasteiger partial charge is 0.346 e. The fourth-order valence-electron chi connectivity index (χ4n) is 1.19. The van der Waals surface area contributed by atoms with Crippen molar-refractivity contribution in [2.75, 3.05) is 5.32 Å². The second kappa shape index (κ2) is 2.81. The zero-order valence-electron chi connectivity index (χ0n) is 6.66. The fraction of sp³-hybridized carbons (Fsp3) is 0.143. The van der Waals surface area contributed by atoms with E-state index in [1.165, 1.54) is 0 Å². The van der Waals surface area contributed by atoms with Gasteiger partial charge >= 0.3 is 0 Å². The van der Waals surface area contributed by atoms with Gasteiger partial charge in [-0.3, -0.25) is 9.89 Å². The Balaban J connectivity index is 2.26. The van der Waals surface area contributed by atoms with Crippen molar-refractivity contribution in [2.45, 2.75) is 6.42 Å². The zero-order valence-corrected chi connectivity index (χ0v) is 6.66. The molecule has 0 saturated heterocycles. The molecule has 0 unspecified atom stereocenters. The molecule has 0 aliphatic carbocycles. The highest BCUT2D eigenvalue weighted by atomic mass is 16.1. The molecule has 1 aliphatic heterocycles. The molecule has 2 heterocycles. The summed E-state index contributed by atoms with van der Waals surface area (Å²) >= 11 is 0. The van der Waals surface area contributed by atoms with Gasteiger partial charge in [-0.25, -0.2) is 5.53 Å². The molecule has 6 heteroatoms. The number of carbonyl (C=O) groups excluding carboxylic acids is 1. The van der Waals surface area contributed by atoms with E-state index >= 15 is 0 Å². The number of hydrogen-bond acceptors (Lipinski definition) is 4. The summed E-state index contributed by atoms with van der Waals surface area (Å²) in [6.07, 6.45) is 3.66. The molecule has 0 saturated carbocycles. The molecule has 0 fully saturated rings. The lowest BCUT2D eigenvalue weighted by molar-refractivity contribution is -0.115. The van der Waals surface area contributed by atoms with Gasteiger partial charge < -0.3 is 5.32 Å². The van der Waals surface area contributed by atoms with Crippen molar-refractivity contribution >= 4 is 11.7 Å². The molecule has 0 bridgehead atoms. The van der Waals surface area contributed by atoms with Crippen LogP contribution in [0.15, 0.2) is 23.1 Å². The Morgan fingerprint density at radius 3 is 3.31 bits per heavy atom. The molecule has 6 nitrogen and oxygen atoms in total. The van der Waals surface area contributed by atoms with Crippen LogP contribution in [-0.4, -0.2) is 16.1 Å². The maximum atomic E-state index is 11.0. The molecule has 66 valence electrons. The molecule has 2 rings (SSSR count). The summed E-state index contributed by atoms with van der Waals surface area (Å²) in [4.78, 5) is 11.0. The first-order valence-corrected chi connectivity index (χ1v) is 3.71. The van der Waals surface area contributed by atoms with Crippen molar-refractivity contribution in [1.82, 2.24) is 10.2 Å². The van der Waals surface area contributed by atoms with Crippen molar-refractivity contribution in [2.24, 2.45) is 5.11 Å². The first kappa shape index (κ1) is 7.66. The molecule has 1 aromatic heterocycles. The summed E-state index contributed by atoms with van der Waals surface area (Å²) in [6.45, 7) is 0. The predicted octanol–water partition coefficient (Wildman–Crippen LogP) is 0.819. The van der Waals surface area contributed by atoms with Crippen molar-refractivity contribution in [3.8, 4) is 0 Å². The number of H-pyrrole nitrogens is 1. The molecule has 13 heavy (non-hydrogen) atoms. The summed E-state index contributed by atoms with van der Waals surface area (Å²) in [5.41, 5.74) is 7.96. The SMILES string of the molecule is N=NC(=O)C1=CNc2[nH]ncc2C1. The molecule has 0 radical (unpaired) electrons. The quantitative estimate of drug-likeness (QED) is 0.554. The Kier molecular flexibility index (Phi) is 1.66. The third-order valence-electron chi connectivity index (χ3n) is 1.87. The van der Waals surface area contributed by atoms with Gasteiger partial charge in [0.2, 0.25) is 0 Å². The molecule has 1 aromatic rings.